The van der Waals surface area contributed by atoms with Crippen molar-refractivity contribution in [3.05, 3.63) is 0 Å². The Morgan fingerprint density at radius 3 is 1.65 bits per heavy atom. The highest BCUT2D eigenvalue weighted by atomic mass is 19.4. The molecule has 17 heavy (non-hydrogen) atoms. The lowest BCUT2D eigenvalue weighted by Gasteiger charge is -2.26. The van der Waals surface area contributed by atoms with Crippen molar-refractivity contribution in [2.75, 3.05) is 0 Å². The molecule has 0 aromatic carbocycles. The van der Waals surface area contributed by atoms with Crippen molar-refractivity contribution in [3.63, 3.8) is 0 Å². The molecule has 0 saturated carbocycles. The molecule has 0 aromatic heterocycles. The maximum Gasteiger partial charge on any atom is 0.460 e. The summed E-state index contributed by atoms with van der Waals surface area (Å²) in [6, 6.07) is 0. The van der Waals surface area contributed by atoms with Crippen molar-refractivity contribution in [1.82, 2.24) is 0 Å². The summed E-state index contributed by atoms with van der Waals surface area (Å²) in [7, 11) is 0. The third-order valence-corrected chi connectivity index (χ3v) is 1.85. The van der Waals surface area contributed by atoms with E-state index in [0.29, 0.717) is 0 Å². The molecule has 0 rings (SSSR count). The highest BCUT2D eigenvalue weighted by Crippen LogP contribution is 2.47. The van der Waals surface area contributed by atoms with Crippen LogP contribution in [-0.4, -0.2) is 29.6 Å². The third kappa shape index (κ3) is 2.95. The number of hydrogen-bond donors (Lipinski definition) is 0. The zero-order valence-electron chi connectivity index (χ0n) is 8.38. The van der Waals surface area contributed by atoms with Crippen molar-refractivity contribution < 1.29 is 40.3 Å². The van der Waals surface area contributed by atoms with Crippen molar-refractivity contribution in [2.45, 2.75) is 37.8 Å². The van der Waals surface area contributed by atoms with Crippen LogP contribution < -0.4 is 0 Å². The molecule has 0 unspecified atom stereocenters. The van der Waals surface area contributed by atoms with Crippen LogP contribution in [0.3, 0.4) is 0 Å². The van der Waals surface area contributed by atoms with E-state index >= 15 is 0 Å². The van der Waals surface area contributed by atoms with Crippen LogP contribution >= 0.6 is 0 Å². The number of Topliss-reactive ketones (excluding diaryl/α,β-unsaturated/α-hetero) is 2. The molecule has 0 saturated heterocycles. The van der Waals surface area contributed by atoms with E-state index in [4.69, 9.17) is 0 Å². The van der Waals surface area contributed by atoms with Crippen LogP contribution in [0.4, 0.5) is 30.7 Å². The Labute approximate surface area is 90.8 Å². The van der Waals surface area contributed by atoms with Gasteiger partial charge in [-0.3, -0.25) is 9.59 Å². The minimum atomic E-state index is -6.57. The summed E-state index contributed by atoms with van der Waals surface area (Å²) in [5, 5.41) is 0. The zero-order valence-corrected chi connectivity index (χ0v) is 8.38. The van der Waals surface area contributed by atoms with Gasteiger partial charge in [0, 0.05) is 6.42 Å². The van der Waals surface area contributed by atoms with Gasteiger partial charge in [-0.1, -0.05) is 6.92 Å². The van der Waals surface area contributed by atoms with Gasteiger partial charge in [0.05, 0.1) is 6.42 Å². The number of halogens is 7. The summed E-state index contributed by atoms with van der Waals surface area (Å²) in [4.78, 5) is 21.1. The van der Waals surface area contributed by atoms with Gasteiger partial charge in [0.1, 0.15) is 5.78 Å². The summed E-state index contributed by atoms with van der Waals surface area (Å²) < 4.78 is 84.8. The van der Waals surface area contributed by atoms with E-state index in [1.54, 1.807) is 0 Å². The van der Waals surface area contributed by atoms with E-state index in [9.17, 15) is 40.3 Å². The second kappa shape index (κ2) is 4.61. The molecule has 0 aliphatic rings. The molecule has 0 atom stereocenters. The fourth-order valence-electron chi connectivity index (χ4n) is 0.768. The van der Waals surface area contributed by atoms with E-state index in [2.05, 4.69) is 0 Å². The molecule has 2 nitrogen and oxygen atoms in total. The summed E-state index contributed by atoms with van der Waals surface area (Å²) in [6.45, 7) is 1.15. The van der Waals surface area contributed by atoms with Gasteiger partial charge < -0.3 is 0 Å². The largest absolute Gasteiger partial charge is 0.460 e. The normalized spacial score (nSPS) is 13.6. The molecular formula is C8H7F7O2. The first kappa shape index (κ1) is 15.9. The lowest BCUT2D eigenvalue weighted by atomic mass is 10.0. The Hall–Kier alpha value is -1.15. The average Bonchev–Trinajstić information content (AvgIpc) is 2.15. The Kier molecular flexibility index (Phi) is 4.30. The number of carbonyl (C=O) groups excluding carboxylic acids is 2. The monoisotopic (exact) mass is 268 g/mol. The Bertz CT molecular complexity index is 318. The first-order valence-electron chi connectivity index (χ1n) is 4.25. The lowest BCUT2D eigenvalue weighted by Crippen LogP contribution is -2.56. The van der Waals surface area contributed by atoms with Crippen LogP contribution in [0.1, 0.15) is 19.8 Å². The number of carbonyl (C=O) groups is 2. The zero-order chi connectivity index (χ0) is 14.1. The Morgan fingerprint density at radius 1 is 0.941 bits per heavy atom. The van der Waals surface area contributed by atoms with Crippen molar-refractivity contribution >= 4 is 11.6 Å². The Balaban J connectivity index is 5.14. The van der Waals surface area contributed by atoms with Gasteiger partial charge in [0.2, 0.25) is 5.78 Å². The van der Waals surface area contributed by atoms with Crippen LogP contribution in [0.15, 0.2) is 0 Å². The second-order valence-electron chi connectivity index (χ2n) is 3.14. The minimum Gasteiger partial charge on any atom is -0.299 e. The molecule has 0 aliphatic heterocycles. The molecule has 0 bridgehead atoms. The van der Waals surface area contributed by atoms with Gasteiger partial charge in [0.25, 0.3) is 0 Å². The first-order chi connectivity index (χ1) is 7.38. The minimum absolute atomic E-state index is 0.417. The van der Waals surface area contributed by atoms with Gasteiger partial charge in [-0.2, -0.15) is 30.7 Å². The third-order valence-electron chi connectivity index (χ3n) is 1.85. The SMILES string of the molecule is CCC(=O)CC(=O)C(F)(F)C(F)(F)C(F)(F)F. The molecule has 0 fully saturated rings. The fraction of sp³-hybridized carbons (Fsp3) is 0.750. The van der Waals surface area contributed by atoms with Crippen LogP contribution in [0, 0.1) is 0 Å². The average molecular weight is 268 g/mol. The molecule has 9 heteroatoms. The lowest BCUT2D eigenvalue weighted by molar-refractivity contribution is -0.343. The van der Waals surface area contributed by atoms with Crippen LogP contribution in [-0.2, 0) is 9.59 Å². The van der Waals surface area contributed by atoms with Crippen LogP contribution in [0.5, 0.6) is 0 Å². The van der Waals surface area contributed by atoms with Crippen LogP contribution in [0.2, 0.25) is 0 Å². The standard InChI is InChI=1S/C8H7F7O2/c1-2-4(16)3-5(17)6(9,10)7(11,12)8(13,14)15/h2-3H2,1H3. The van der Waals surface area contributed by atoms with Crippen LogP contribution in [0.25, 0.3) is 0 Å². The molecule has 0 spiro atoms. The molecule has 0 heterocycles. The van der Waals surface area contributed by atoms with Crippen molar-refractivity contribution in [1.29, 1.82) is 0 Å². The van der Waals surface area contributed by atoms with Crippen molar-refractivity contribution in [3.8, 4) is 0 Å². The van der Waals surface area contributed by atoms with E-state index in [-0.39, 0.29) is 0 Å². The second-order valence-corrected chi connectivity index (χ2v) is 3.14. The number of rotatable bonds is 5. The summed E-state index contributed by atoms with van der Waals surface area (Å²) in [5.74, 6) is -16.3. The van der Waals surface area contributed by atoms with E-state index in [1.165, 1.54) is 0 Å². The van der Waals surface area contributed by atoms with Gasteiger partial charge in [-0.25, -0.2) is 0 Å². The topological polar surface area (TPSA) is 34.1 Å². The predicted octanol–water partition coefficient (Wildman–Crippen LogP) is 2.76. The Morgan fingerprint density at radius 2 is 1.35 bits per heavy atom. The predicted molar refractivity (Wildman–Crippen MR) is 40.9 cm³/mol. The fourth-order valence-corrected chi connectivity index (χ4v) is 0.768. The summed E-state index contributed by atoms with van der Waals surface area (Å²) in [5.41, 5.74) is 0. The van der Waals surface area contributed by atoms with Gasteiger partial charge in [0.15, 0.2) is 0 Å². The van der Waals surface area contributed by atoms with Gasteiger partial charge in [-0.15, -0.1) is 0 Å². The quantitative estimate of drug-likeness (QED) is 0.567. The summed E-state index contributed by atoms with van der Waals surface area (Å²) in [6.07, 6.45) is -8.64. The smallest absolute Gasteiger partial charge is 0.299 e. The van der Waals surface area contributed by atoms with E-state index < -0.39 is 42.4 Å². The van der Waals surface area contributed by atoms with E-state index in [1.807, 2.05) is 0 Å². The van der Waals surface area contributed by atoms with Gasteiger partial charge >= 0.3 is 18.0 Å². The molecule has 0 radical (unpaired) electrons. The molecular weight excluding hydrogens is 261 g/mol. The number of hydrogen-bond acceptors (Lipinski definition) is 2. The molecule has 0 aliphatic carbocycles. The van der Waals surface area contributed by atoms with E-state index in [0.717, 1.165) is 6.92 Å². The van der Waals surface area contributed by atoms with Crippen molar-refractivity contribution in [2.24, 2.45) is 0 Å². The maximum atomic E-state index is 12.6. The number of ketones is 2. The molecule has 0 N–H and O–H groups in total. The molecule has 0 amide bonds. The highest BCUT2D eigenvalue weighted by molar-refractivity contribution is 6.02. The molecule has 0 aromatic rings. The van der Waals surface area contributed by atoms with Gasteiger partial charge in [-0.05, 0) is 0 Å². The highest BCUT2D eigenvalue weighted by Gasteiger charge is 2.75. The molecule has 100 valence electrons. The maximum absolute atomic E-state index is 12.6. The number of alkyl halides is 7. The summed E-state index contributed by atoms with van der Waals surface area (Å²) >= 11 is 0. The first-order valence-corrected chi connectivity index (χ1v) is 4.25.